The quantitative estimate of drug-likeness (QED) is 0.797. The predicted molar refractivity (Wildman–Crippen MR) is 98.5 cm³/mol. The van der Waals surface area contributed by atoms with Crippen molar-refractivity contribution in [1.82, 2.24) is 15.3 Å². The van der Waals surface area contributed by atoms with Crippen LogP contribution in [0.4, 0.5) is 9.59 Å². The van der Waals surface area contributed by atoms with Gasteiger partial charge in [-0.1, -0.05) is 30.3 Å². The van der Waals surface area contributed by atoms with Crippen LogP contribution < -0.4 is 5.32 Å². The van der Waals surface area contributed by atoms with Crippen LogP contribution in [0.3, 0.4) is 0 Å². The Morgan fingerprint density at radius 2 is 1.89 bits per heavy atom. The fourth-order valence-corrected chi connectivity index (χ4v) is 2.53. The lowest BCUT2D eigenvalue weighted by atomic mass is 10.1. The first-order valence-corrected chi connectivity index (χ1v) is 8.89. The zero-order valence-corrected chi connectivity index (χ0v) is 16.4. The summed E-state index contributed by atoms with van der Waals surface area (Å²) in [5.74, 6) is -0.383. The number of nitrogens with one attached hydrogen (secondary N) is 1. The minimum atomic E-state index is -0.719. The molecule has 27 heavy (non-hydrogen) atoms. The fourth-order valence-electron chi connectivity index (χ4n) is 2.53. The highest BCUT2D eigenvalue weighted by Crippen LogP contribution is 2.19. The molecule has 1 atom stereocenters. The molecule has 1 fully saturated rings. The van der Waals surface area contributed by atoms with Crippen molar-refractivity contribution in [2.45, 2.75) is 58.9 Å². The number of hydrogen-bond acceptors (Lipinski definition) is 5. The summed E-state index contributed by atoms with van der Waals surface area (Å²) in [7, 11) is 0. The average Bonchev–Trinajstić information content (AvgIpc) is 2.57. The third-order valence-electron chi connectivity index (χ3n) is 3.74. The summed E-state index contributed by atoms with van der Waals surface area (Å²) in [5, 5.41) is 5.05. The number of hydrogen-bond donors (Lipinski definition) is 1. The van der Waals surface area contributed by atoms with Gasteiger partial charge in [0.1, 0.15) is 18.2 Å². The molecule has 1 aliphatic heterocycles. The van der Waals surface area contributed by atoms with Crippen LogP contribution >= 0.6 is 0 Å². The monoisotopic (exact) mass is 377 g/mol. The van der Waals surface area contributed by atoms with E-state index in [4.69, 9.17) is 9.47 Å². The van der Waals surface area contributed by atoms with Crippen molar-refractivity contribution in [3.63, 3.8) is 0 Å². The van der Waals surface area contributed by atoms with Crippen molar-refractivity contribution in [2.75, 3.05) is 6.54 Å². The highest BCUT2D eigenvalue weighted by Gasteiger charge is 2.45. The van der Waals surface area contributed by atoms with Crippen molar-refractivity contribution in [1.29, 1.82) is 0 Å². The summed E-state index contributed by atoms with van der Waals surface area (Å²) in [6.07, 6.45) is -1.28. The van der Waals surface area contributed by atoms with Gasteiger partial charge in [0.05, 0.1) is 12.6 Å². The molecule has 0 radical (unpaired) electrons. The Morgan fingerprint density at radius 3 is 2.41 bits per heavy atom. The van der Waals surface area contributed by atoms with Crippen molar-refractivity contribution in [3.8, 4) is 0 Å². The largest absolute Gasteiger partial charge is 0.444 e. The summed E-state index contributed by atoms with van der Waals surface area (Å²) >= 11 is 0. The first-order valence-electron chi connectivity index (χ1n) is 8.89. The van der Waals surface area contributed by atoms with E-state index in [-0.39, 0.29) is 25.1 Å². The van der Waals surface area contributed by atoms with Gasteiger partial charge in [0, 0.05) is 0 Å². The van der Waals surface area contributed by atoms with Gasteiger partial charge in [-0.3, -0.25) is 4.79 Å². The number of hydrazine groups is 1. The van der Waals surface area contributed by atoms with Crippen LogP contribution in [-0.2, 0) is 20.9 Å². The molecule has 1 aliphatic rings. The lowest BCUT2D eigenvalue weighted by Gasteiger charge is -2.45. The van der Waals surface area contributed by atoms with Crippen LogP contribution in [-0.4, -0.2) is 52.3 Å². The van der Waals surface area contributed by atoms with Crippen LogP contribution in [0.1, 0.15) is 40.2 Å². The average molecular weight is 377 g/mol. The van der Waals surface area contributed by atoms with E-state index in [9.17, 15) is 14.4 Å². The number of nitrogens with zero attached hydrogens (tertiary/aromatic N) is 2. The van der Waals surface area contributed by atoms with E-state index in [1.807, 2.05) is 30.3 Å². The van der Waals surface area contributed by atoms with Gasteiger partial charge in [0.2, 0.25) is 0 Å². The third kappa shape index (κ3) is 5.60. The van der Waals surface area contributed by atoms with Crippen LogP contribution in [0.25, 0.3) is 0 Å². The summed E-state index contributed by atoms with van der Waals surface area (Å²) in [5.41, 5.74) is 0.205. The topological polar surface area (TPSA) is 88.2 Å². The van der Waals surface area contributed by atoms with Gasteiger partial charge in [-0.15, -0.1) is 0 Å². The molecular weight excluding hydrogens is 350 g/mol. The van der Waals surface area contributed by atoms with E-state index in [2.05, 4.69) is 5.32 Å². The first kappa shape index (κ1) is 20.5. The summed E-state index contributed by atoms with van der Waals surface area (Å²) in [4.78, 5) is 36.6. The number of β-lactam (4-membered cyclic amide) rings is 1. The van der Waals surface area contributed by atoms with Crippen LogP contribution in [0, 0.1) is 0 Å². The van der Waals surface area contributed by atoms with E-state index in [1.165, 1.54) is 10.0 Å². The second-order valence-corrected chi connectivity index (χ2v) is 7.60. The Balaban J connectivity index is 1.91. The van der Waals surface area contributed by atoms with Gasteiger partial charge in [-0.2, -0.15) is 0 Å². The maximum absolute atomic E-state index is 12.5. The molecule has 8 nitrogen and oxygen atoms in total. The second kappa shape index (κ2) is 8.28. The number of rotatable bonds is 5. The van der Waals surface area contributed by atoms with Gasteiger partial charge in [0.15, 0.2) is 0 Å². The number of amides is 3. The van der Waals surface area contributed by atoms with Crippen LogP contribution in [0.2, 0.25) is 0 Å². The number of alkyl carbamates (subject to hydrolysis) is 1. The van der Waals surface area contributed by atoms with Crippen LogP contribution in [0.5, 0.6) is 0 Å². The Bertz CT molecular complexity index is 684. The minimum absolute atomic E-state index is 0.116. The molecule has 1 aromatic carbocycles. The van der Waals surface area contributed by atoms with E-state index in [0.29, 0.717) is 0 Å². The zero-order valence-electron chi connectivity index (χ0n) is 16.4. The van der Waals surface area contributed by atoms with Gasteiger partial charge in [0.25, 0.3) is 5.91 Å². The maximum atomic E-state index is 12.5. The molecule has 0 saturated carbocycles. The molecule has 2 rings (SSSR count). The molecule has 0 unspecified atom stereocenters. The van der Waals surface area contributed by atoms with E-state index in [1.54, 1.807) is 34.6 Å². The normalized spacial score (nSPS) is 16.6. The van der Waals surface area contributed by atoms with Crippen molar-refractivity contribution < 1.29 is 23.9 Å². The van der Waals surface area contributed by atoms with Crippen molar-refractivity contribution in [3.05, 3.63) is 35.9 Å². The highest BCUT2D eigenvalue weighted by atomic mass is 16.6. The molecule has 1 N–H and O–H groups in total. The molecule has 148 valence electrons. The lowest BCUT2D eigenvalue weighted by Crippen LogP contribution is -2.70. The number of carbonyl (C=O) groups excluding carboxylic acids is 3. The summed E-state index contributed by atoms with van der Waals surface area (Å²) < 4.78 is 10.5. The minimum Gasteiger partial charge on any atom is -0.444 e. The molecule has 0 bridgehead atoms. The predicted octanol–water partition coefficient (Wildman–Crippen LogP) is 2.68. The number of benzene rings is 1. The number of carbonyl (C=O) groups is 3. The Hall–Kier alpha value is -2.77. The van der Waals surface area contributed by atoms with E-state index < -0.39 is 23.8 Å². The van der Waals surface area contributed by atoms with Gasteiger partial charge in [-0.05, 0) is 40.2 Å². The first-order chi connectivity index (χ1) is 12.6. The van der Waals surface area contributed by atoms with Gasteiger partial charge >= 0.3 is 12.2 Å². The lowest BCUT2D eigenvalue weighted by molar-refractivity contribution is -0.169. The molecule has 0 aromatic heterocycles. The second-order valence-electron chi connectivity index (χ2n) is 7.60. The molecule has 1 heterocycles. The molecule has 1 aromatic rings. The van der Waals surface area contributed by atoms with E-state index >= 15 is 0 Å². The number of ether oxygens (including phenoxy) is 2. The highest BCUT2D eigenvalue weighted by molar-refractivity contribution is 5.92. The molecule has 8 heteroatoms. The van der Waals surface area contributed by atoms with Gasteiger partial charge in [-0.25, -0.2) is 19.6 Å². The molecule has 0 spiro atoms. The van der Waals surface area contributed by atoms with Gasteiger partial charge < -0.3 is 14.8 Å². The Labute approximate surface area is 159 Å². The maximum Gasteiger partial charge on any atom is 0.429 e. The molecular formula is C19H27N3O5. The van der Waals surface area contributed by atoms with E-state index in [0.717, 1.165) is 5.56 Å². The molecule has 1 saturated heterocycles. The van der Waals surface area contributed by atoms with Crippen molar-refractivity contribution >= 4 is 18.1 Å². The van der Waals surface area contributed by atoms with Crippen LogP contribution in [0.15, 0.2) is 30.3 Å². The molecule has 3 amide bonds. The summed E-state index contributed by atoms with van der Waals surface area (Å²) in [6, 6.07) is 8.29. The SMILES string of the molecule is CC(C)N(C(=O)OCc1ccccc1)N1C[C@H](NC(=O)OC(C)(C)C)C1=O. The summed E-state index contributed by atoms with van der Waals surface area (Å²) in [6.45, 7) is 9.08. The van der Waals surface area contributed by atoms with Crippen molar-refractivity contribution in [2.24, 2.45) is 0 Å². The molecule has 0 aliphatic carbocycles. The zero-order chi connectivity index (χ0) is 20.2. The smallest absolute Gasteiger partial charge is 0.429 e. The Kier molecular flexibility index (Phi) is 6.30. The third-order valence-corrected chi connectivity index (χ3v) is 3.74. The standard InChI is InChI=1S/C19H27N3O5/c1-13(2)22(18(25)26-12-14-9-7-6-8-10-14)21-11-15(16(21)23)20-17(24)27-19(3,4)5/h6-10,13,15H,11-12H2,1-5H3,(H,20,24)/t15-/m0/s1. The fraction of sp³-hybridized carbons (Fsp3) is 0.526. The Morgan fingerprint density at radius 1 is 1.26 bits per heavy atom.